The van der Waals surface area contributed by atoms with Crippen LogP contribution in [0.25, 0.3) is 10.9 Å². The highest BCUT2D eigenvalue weighted by Crippen LogP contribution is 2.21. The van der Waals surface area contributed by atoms with Gasteiger partial charge in [0.05, 0.1) is 11.2 Å². The van der Waals surface area contributed by atoms with Crippen LogP contribution < -0.4 is 4.72 Å². The Balaban J connectivity index is 2.76. The summed E-state index contributed by atoms with van der Waals surface area (Å²) in [7, 11) is -5.39. The lowest BCUT2D eigenvalue weighted by molar-refractivity contribution is 0.414. The van der Waals surface area contributed by atoms with Crippen LogP contribution in [-0.2, 0) is 22.1 Å². The minimum Gasteiger partial charge on any atom is -0.361 e. The Labute approximate surface area is 141 Å². The minimum atomic E-state index is -5.39. The molecule has 0 bridgehead atoms. The van der Waals surface area contributed by atoms with Gasteiger partial charge in [0.15, 0.2) is 0 Å². The van der Waals surface area contributed by atoms with E-state index in [1.54, 1.807) is 0 Å². The lowest BCUT2D eigenvalue weighted by atomic mass is 10.1. The first-order valence-electron chi connectivity index (χ1n) is 12.9. The summed E-state index contributed by atoms with van der Waals surface area (Å²) in [6.07, 6.45) is -0.973. The van der Waals surface area contributed by atoms with Gasteiger partial charge in [-0.1, -0.05) is 6.04 Å². The van der Waals surface area contributed by atoms with Crippen molar-refractivity contribution in [2.45, 2.75) is 12.1 Å². The van der Waals surface area contributed by atoms with Crippen molar-refractivity contribution >= 4 is 20.9 Å². The summed E-state index contributed by atoms with van der Waals surface area (Å²) >= 11 is 0. The van der Waals surface area contributed by atoms with Gasteiger partial charge in [-0.05, 0) is 50.6 Å². The van der Waals surface area contributed by atoms with Crippen molar-refractivity contribution in [3.63, 3.8) is 0 Å². The third kappa shape index (κ3) is 3.59. The van der Waals surface area contributed by atoms with Crippen molar-refractivity contribution in [2.75, 3.05) is 27.5 Å². The Kier molecular flexibility index (Phi) is 1.44. The predicted molar refractivity (Wildman–Crippen MR) is 82.2 cm³/mol. The van der Waals surface area contributed by atoms with Gasteiger partial charge in [-0.2, -0.15) is 0 Å². The number of rotatable bonds is 6. The maximum atomic E-state index is 12.5. The first-order valence-corrected chi connectivity index (χ1v) is 6.84. The van der Waals surface area contributed by atoms with E-state index < -0.39 is 84.9 Å². The summed E-state index contributed by atoms with van der Waals surface area (Å²) in [5.74, 6) is 0. The number of hydrogen-bond donors (Lipinski definition) is 2. The van der Waals surface area contributed by atoms with E-state index in [4.69, 9.17) is 20.6 Å². The van der Waals surface area contributed by atoms with Gasteiger partial charge in [0, 0.05) is 38.7 Å². The standard InChI is InChI=1S/C14H21N3O2S/c1-15-20(18,19)10-11-4-5-14-13(8-11)12(9-16-14)6-7-17(2)3/h4-5,8-9,15-16H,6-7,10H2,1-3H3/i1D3,2D3,3D3,4D,5D,8D,9D,10D2. The number of H-pyrrole nitrogens is 1. The van der Waals surface area contributed by atoms with Crippen LogP contribution in [0.5, 0.6) is 0 Å². The molecule has 0 radical (unpaired) electrons. The number of sulfonamides is 1. The molecule has 0 fully saturated rings. The van der Waals surface area contributed by atoms with Crippen LogP contribution in [0.3, 0.4) is 0 Å². The number of fused-ring (bicyclic) bond motifs is 1. The maximum Gasteiger partial charge on any atom is 0.215 e. The molecule has 1 aromatic carbocycles. The van der Waals surface area contributed by atoms with Crippen molar-refractivity contribution in [3.8, 4) is 0 Å². The molecule has 110 valence electrons. The summed E-state index contributed by atoms with van der Waals surface area (Å²) in [5, 5.41) is -0.394. The third-order valence-corrected chi connectivity index (χ3v) is 3.15. The Hall–Kier alpha value is -1.37. The molecule has 0 unspecified atom stereocenters. The van der Waals surface area contributed by atoms with E-state index in [1.165, 1.54) is 0 Å². The van der Waals surface area contributed by atoms with E-state index in [0.717, 1.165) is 4.72 Å². The van der Waals surface area contributed by atoms with Crippen LogP contribution in [0, 0.1) is 0 Å². The smallest absolute Gasteiger partial charge is 0.215 e. The fourth-order valence-electron chi connectivity index (χ4n) is 1.55. The Bertz CT molecular complexity index is 1210. The molecule has 0 spiro atoms. The van der Waals surface area contributed by atoms with Crippen molar-refractivity contribution in [1.29, 1.82) is 0 Å². The zero-order valence-corrected chi connectivity index (χ0v) is 10.9. The second kappa shape index (κ2) is 5.95. The molecule has 0 aliphatic rings. The normalized spacial score (nSPS) is 25.9. The Morgan fingerprint density at radius 2 is 2.35 bits per heavy atom. The lowest BCUT2D eigenvalue weighted by Crippen LogP contribution is -2.20. The molecule has 0 atom stereocenters. The summed E-state index contributed by atoms with van der Waals surface area (Å²) in [5.41, 5.74) is -5.39. The number of hydrogen-bond acceptors (Lipinski definition) is 3. The summed E-state index contributed by atoms with van der Waals surface area (Å²) in [6.45, 7) is -10.1. The molecular formula is C14H21N3O2S. The van der Waals surface area contributed by atoms with Gasteiger partial charge in [0.25, 0.3) is 0 Å². The van der Waals surface area contributed by atoms with Crippen LogP contribution in [0.1, 0.15) is 31.7 Å². The molecular weight excluding hydrogens is 274 g/mol. The van der Waals surface area contributed by atoms with Gasteiger partial charge in [-0.3, -0.25) is 0 Å². The monoisotopic (exact) mass is 310 g/mol. The van der Waals surface area contributed by atoms with E-state index in [1.807, 2.05) is 0 Å². The first kappa shape index (κ1) is 4.83. The number of nitrogens with one attached hydrogen (secondary N) is 2. The largest absolute Gasteiger partial charge is 0.361 e. The van der Waals surface area contributed by atoms with Crippen LogP contribution in [0.2, 0.25) is 0 Å². The molecule has 0 saturated heterocycles. The van der Waals surface area contributed by atoms with Crippen molar-refractivity contribution in [1.82, 2.24) is 14.6 Å². The van der Waals surface area contributed by atoms with E-state index >= 15 is 0 Å². The number of nitrogens with zero attached hydrogens (tertiary/aromatic N) is 1. The fourth-order valence-corrected chi connectivity index (χ4v) is 1.97. The molecule has 2 N–H and O–H groups in total. The zero-order chi connectivity index (χ0) is 27.5. The second-order valence-corrected chi connectivity index (χ2v) is 5.25. The van der Waals surface area contributed by atoms with Gasteiger partial charge in [0.2, 0.25) is 10.0 Å². The summed E-state index contributed by atoms with van der Waals surface area (Å²) < 4.78 is 141. The number of benzene rings is 1. The van der Waals surface area contributed by atoms with E-state index in [9.17, 15) is 8.42 Å². The molecule has 2 rings (SSSR count). The number of aromatic nitrogens is 1. The van der Waals surface area contributed by atoms with E-state index in [2.05, 4.69) is 4.98 Å². The highest BCUT2D eigenvalue weighted by Gasteiger charge is 2.11. The van der Waals surface area contributed by atoms with Gasteiger partial charge >= 0.3 is 0 Å². The van der Waals surface area contributed by atoms with Crippen molar-refractivity contribution in [3.05, 3.63) is 35.4 Å². The molecule has 0 saturated carbocycles. The first-order chi connectivity index (χ1) is 15.4. The molecule has 1 heterocycles. The highest BCUT2D eigenvalue weighted by atomic mass is 32.2. The second-order valence-electron chi connectivity index (χ2n) is 3.84. The quantitative estimate of drug-likeness (QED) is 0.846. The van der Waals surface area contributed by atoms with Gasteiger partial charge in [0.1, 0.15) is 0 Å². The molecule has 20 heavy (non-hydrogen) atoms. The highest BCUT2D eigenvalue weighted by molar-refractivity contribution is 7.88. The van der Waals surface area contributed by atoms with Crippen LogP contribution in [-0.4, -0.2) is 45.8 Å². The number of likely N-dealkylation sites (N-methyl/N-ethyl adjacent to an activating group) is 1. The maximum absolute atomic E-state index is 12.5. The average Bonchev–Trinajstić information content (AvgIpc) is 2.92. The topological polar surface area (TPSA) is 65.2 Å². The van der Waals surface area contributed by atoms with Gasteiger partial charge < -0.3 is 9.88 Å². The van der Waals surface area contributed by atoms with Crippen molar-refractivity contribution in [2.24, 2.45) is 0 Å². The molecule has 2 aromatic rings. The van der Waals surface area contributed by atoms with Gasteiger partial charge in [-0.25, -0.2) is 13.1 Å². The Morgan fingerprint density at radius 1 is 1.50 bits per heavy atom. The van der Waals surface area contributed by atoms with Gasteiger partial charge in [-0.15, -0.1) is 0 Å². The van der Waals surface area contributed by atoms with E-state index in [-0.39, 0.29) is 16.0 Å². The molecule has 0 aliphatic carbocycles. The number of aromatic amines is 1. The molecule has 5 nitrogen and oxygen atoms in total. The van der Waals surface area contributed by atoms with Crippen LogP contribution in [0.15, 0.2) is 24.3 Å². The zero-order valence-electron chi connectivity index (χ0n) is 25.1. The van der Waals surface area contributed by atoms with Crippen LogP contribution >= 0.6 is 0 Å². The fraction of sp³-hybridized carbons (Fsp3) is 0.429. The van der Waals surface area contributed by atoms with Crippen molar-refractivity contribution < 1.29 is 29.0 Å². The lowest BCUT2D eigenvalue weighted by Gasteiger charge is -2.08. The third-order valence-electron chi connectivity index (χ3n) is 2.41. The minimum absolute atomic E-state index is 0.188. The molecule has 6 heteroatoms. The molecule has 0 amide bonds. The predicted octanol–water partition coefficient (Wildman–Crippen LogP) is 1.32. The summed E-state index contributed by atoms with van der Waals surface area (Å²) in [4.78, 5) is 2.58. The van der Waals surface area contributed by atoms with E-state index in [0.29, 0.717) is 0 Å². The Morgan fingerprint density at radius 3 is 3.10 bits per heavy atom. The van der Waals surface area contributed by atoms with Crippen LogP contribution in [0.4, 0.5) is 0 Å². The average molecular weight is 310 g/mol. The SMILES string of the molecule is [2H]c1[nH]c2c([2H])c([2H])c(C([2H])([2H])S(=O)(=O)NC([2H])([2H])[2H])c([2H])c2c1CCN(C([2H])([2H])[2H])C([2H])([2H])[2H]. The molecule has 0 aliphatic heterocycles. The summed E-state index contributed by atoms with van der Waals surface area (Å²) in [6, 6.07) is -2.81. The molecule has 1 aromatic heterocycles.